The van der Waals surface area contributed by atoms with E-state index in [-0.39, 0.29) is 23.7 Å². The Labute approximate surface area is 146 Å². The second-order valence-electron chi connectivity index (χ2n) is 6.44. The van der Waals surface area contributed by atoms with Crippen LogP contribution in [0.5, 0.6) is 5.75 Å². The first-order valence-corrected chi connectivity index (χ1v) is 8.53. The van der Waals surface area contributed by atoms with E-state index in [1.807, 2.05) is 42.5 Å². The quantitative estimate of drug-likeness (QED) is 0.633. The van der Waals surface area contributed by atoms with E-state index in [1.165, 1.54) is 4.90 Å². The largest absolute Gasteiger partial charge is 0.489 e. The number of allylic oxidation sites excluding steroid dienone is 2. The van der Waals surface area contributed by atoms with Crippen molar-refractivity contribution < 1.29 is 14.3 Å². The second kappa shape index (κ2) is 6.55. The molecule has 1 heterocycles. The summed E-state index contributed by atoms with van der Waals surface area (Å²) in [6.45, 7) is 0.484. The van der Waals surface area contributed by atoms with E-state index >= 15 is 0 Å². The zero-order valence-electron chi connectivity index (χ0n) is 13.8. The highest BCUT2D eigenvalue weighted by atomic mass is 16.5. The normalized spacial score (nSPS) is 22.2. The number of imide groups is 1. The maximum atomic E-state index is 12.6. The van der Waals surface area contributed by atoms with Crippen LogP contribution in [0.15, 0.2) is 66.7 Å². The van der Waals surface area contributed by atoms with Crippen LogP contribution in [-0.4, -0.2) is 11.8 Å². The van der Waals surface area contributed by atoms with Gasteiger partial charge in [0.1, 0.15) is 12.4 Å². The molecule has 2 amide bonds. The lowest BCUT2D eigenvalue weighted by Gasteiger charge is -2.15. The molecule has 2 atom stereocenters. The lowest BCUT2D eigenvalue weighted by molar-refractivity contribution is -0.122. The number of hydrogen-bond donors (Lipinski definition) is 0. The van der Waals surface area contributed by atoms with Crippen molar-refractivity contribution in [2.45, 2.75) is 19.4 Å². The summed E-state index contributed by atoms with van der Waals surface area (Å²) in [5.74, 6) is 0.137. The zero-order chi connectivity index (χ0) is 17.2. The number of amides is 2. The third-order valence-corrected chi connectivity index (χ3v) is 4.85. The number of nitrogens with zero attached hydrogens (tertiary/aromatic N) is 1. The molecule has 1 aliphatic carbocycles. The molecule has 0 N–H and O–H groups in total. The van der Waals surface area contributed by atoms with Crippen LogP contribution in [0.4, 0.5) is 5.69 Å². The highest BCUT2D eigenvalue weighted by Crippen LogP contribution is 2.37. The Morgan fingerprint density at radius 2 is 1.44 bits per heavy atom. The van der Waals surface area contributed by atoms with Gasteiger partial charge in [-0.1, -0.05) is 42.5 Å². The van der Waals surface area contributed by atoms with Gasteiger partial charge in [-0.05, 0) is 42.7 Å². The van der Waals surface area contributed by atoms with Crippen LogP contribution in [-0.2, 0) is 16.2 Å². The summed E-state index contributed by atoms with van der Waals surface area (Å²) in [6.07, 6.45) is 5.31. The van der Waals surface area contributed by atoms with Crippen molar-refractivity contribution in [3.05, 3.63) is 72.3 Å². The van der Waals surface area contributed by atoms with Gasteiger partial charge < -0.3 is 4.74 Å². The van der Waals surface area contributed by atoms with Gasteiger partial charge in [0.05, 0.1) is 17.5 Å². The van der Waals surface area contributed by atoms with Gasteiger partial charge in [0.15, 0.2) is 0 Å². The van der Waals surface area contributed by atoms with Crippen molar-refractivity contribution >= 4 is 17.5 Å². The lowest BCUT2D eigenvalue weighted by Crippen LogP contribution is -2.30. The van der Waals surface area contributed by atoms with E-state index in [4.69, 9.17) is 4.74 Å². The molecule has 4 rings (SSSR count). The third kappa shape index (κ3) is 2.95. The highest BCUT2D eigenvalue weighted by Gasteiger charge is 2.47. The molecule has 2 aromatic rings. The summed E-state index contributed by atoms with van der Waals surface area (Å²) < 4.78 is 5.76. The fourth-order valence-electron chi connectivity index (χ4n) is 3.49. The Kier molecular flexibility index (Phi) is 4.10. The third-order valence-electron chi connectivity index (χ3n) is 4.85. The summed E-state index contributed by atoms with van der Waals surface area (Å²) in [5.41, 5.74) is 1.71. The van der Waals surface area contributed by atoms with Crippen molar-refractivity contribution in [1.82, 2.24) is 0 Å². The zero-order valence-corrected chi connectivity index (χ0v) is 13.8. The molecule has 25 heavy (non-hydrogen) atoms. The van der Waals surface area contributed by atoms with Crippen LogP contribution in [0.25, 0.3) is 0 Å². The fourth-order valence-corrected chi connectivity index (χ4v) is 3.49. The van der Waals surface area contributed by atoms with Crippen LogP contribution in [0, 0.1) is 11.8 Å². The molecule has 1 saturated heterocycles. The fraction of sp³-hybridized carbons (Fsp3) is 0.238. The van der Waals surface area contributed by atoms with Gasteiger partial charge in [0.2, 0.25) is 11.8 Å². The molecule has 4 nitrogen and oxygen atoms in total. The first kappa shape index (κ1) is 15.6. The van der Waals surface area contributed by atoms with Crippen molar-refractivity contribution in [3.63, 3.8) is 0 Å². The second-order valence-corrected chi connectivity index (χ2v) is 6.44. The predicted molar refractivity (Wildman–Crippen MR) is 95.1 cm³/mol. The van der Waals surface area contributed by atoms with Gasteiger partial charge in [0.25, 0.3) is 0 Å². The van der Waals surface area contributed by atoms with E-state index < -0.39 is 0 Å². The van der Waals surface area contributed by atoms with E-state index in [9.17, 15) is 9.59 Å². The highest BCUT2D eigenvalue weighted by molar-refractivity contribution is 6.22. The number of fused-ring (bicyclic) bond motifs is 1. The van der Waals surface area contributed by atoms with Crippen LogP contribution < -0.4 is 9.64 Å². The van der Waals surface area contributed by atoms with Crippen LogP contribution >= 0.6 is 0 Å². The number of ether oxygens (including phenoxy) is 1. The molecular formula is C21H19NO3. The van der Waals surface area contributed by atoms with E-state index in [1.54, 1.807) is 24.3 Å². The van der Waals surface area contributed by atoms with Gasteiger partial charge in [-0.2, -0.15) is 0 Å². The SMILES string of the molecule is O=C1[C@H]2CC=CC[C@H]2C(=O)N1c1ccc(OCc2ccccc2)cc1. The first-order chi connectivity index (χ1) is 12.2. The van der Waals surface area contributed by atoms with Crippen molar-refractivity contribution in [3.8, 4) is 5.75 Å². The molecule has 126 valence electrons. The summed E-state index contributed by atoms with van der Waals surface area (Å²) in [7, 11) is 0. The summed E-state index contributed by atoms with van der Waals surface area (Å²) in [5, 5.41) is 0. The maximum Gasteiger partial charge on any atom is 0.238 e. The molecule has 0 saturated carbocycles. The predicted octanol–water partition coefficient (Wildman–Crippen LogP) is 3.72. The number of carbonyl (C=O) groups is 2. The van der Waals surface area contributed by atoms with Gasteiger partial charge in [-0.3, -0.25) is 14.5 Å². The standard InChI is InChI=1S/C21H19NO3/c23-20-18-8-4-5-9-19(18)21(24)22(20)16-10-12-17(13-11-16)25-14-15-6-2-1-3-7-15/h1-7,10-13,18-19H,8-9,14H2/t18-,19+. The molecule has 0 unspecified atom stereocenters. The van der Waals surface area contributed by atoms with Crippen LogP contribution in [0.2, 0.25) is 0 Å². The molecule has 0 radical (unpaired) electrons. The van der Waals surface area contributed by atoms with Crippen molar-refractivity contribution in [1.29, 1.82) is 0 Å². The van der Waals surface area contributed by atoms with Crippen LogP contribution in [0.1, 0.15) is 18.4 Å². The monoisotopic (exact) mass is 333 g/mol. The van der Waals surface area contributed by atoms with E-state index in [0.717, 1.165) is 5.56 Å². The molecule has 0 aromatic heterocycles. The Morgan fingerprint density at radius 1 is 0.840 bits per heavy atom. The van der Waals surface area contributed by atoms with Gasteiger partial charge in [0, 0.05) is 0 Å². The molecular weight excluding hydrogens is 314 g/mol. The average Bonchev–Trinajstić information content (AvgIpc) is 2.93. The number of anilines is 1. The Bertz CT molecular complexity index is 785. The molecule has 0 spiro atoms. The van der Waals surface area contributed by atoms with Gasteiger partial charge in [-0.15, -0.1) is 0 Å². The molecule has 2 aliphatic rings. The molecule has 2 aromatic carbocycles. The maximum absolute atomic E-state index is 12.6. The van der Waals surface area contributed by atoms with Crippen LogP contribution in [0.3, 0.4) is 0 Å². The minimum atomic E-state index is -0.202. The molecule has 1 aliphatic heterocycles. The summed E-state index contributed by atoms with van der Waals surface area (Å²) in [6, 6.07) is 17.1. The average molecular weight is 333 g/mol. The minimum Gasteiger partial charge on any atom is -0.489 e. The van der Waals surface area contributed by atoms with Gasteiger partial charge in [-0.25, -0.2) is 0 Å². The summed E-state index contributed by atoms with van der Waals surface area (Å²) in [4.78, 5) is 26.5. The molecule has 0 bridgehead atoms. The Hall–Kier alpha value is -2.88. The van der Waals surface area contributed by atoms with Crippen molar-refractivity contribution in [2.75, 3.05) is 4.90 Å². The van der Waals surface area contributed by atoms with Crippen molar-refractivity contribution in [2.24, 2.45) is 11.8 Å². The Balaban J connectivity index is 1.47. The van der Waals surface area contributed by atoms with E-state index in [2.05, 4.69) is 0 Å². The topological polar surface area (TPSA) is 46.6 Å². The number of benzene rings is 2. The summed E-state index contributed by atoms with van der Waals surface area (Å²) >= 11 is 0. The molecule has 4 heteroatoms. The number of carbonyl (C=O) groups excluding carboxylic acids is 2. The molecule has 1 fully saturated rings. The van der Waals surface area contributed by atoms with E-state index in [0.29, 0.717) is 30.9 Å². The van der Waals surface area contributed by atoms with Gasteiger partial charge >= 0.3 is 0 Å². The number of rotatable bonds is 4. The first-order valence-electron chi connectivity index (χ1n) is 8.53. The Morgan fingerprint density at radius 3 is 2.04 bits per heavy atom. The minimum absolute atomic E-state index is 0.0858. The smallest absolute Gasteiger partial charge is 0.238 e. The number of hydrogen-bond acceptors (Lipinski definition) is 3. The lowest BCUT2D eigenvalue weighted by atomic mass is 9.85.